The van der Waals surface area contributed by atoms with E-state index in [2.05, 4.69) is 21.2 Å². The minimum absolute atomic E-state index is 0.0240. The number of rotatable bonds is 6. The van der Waals surface area contributed by atoms with Crippen molar-refractivity contribution in [1.29, 1.82) is 0 Å². The van der Waals surface area contributed by atoms with Gasteiger partial charge in [-0.2, -0.15) is 0 Å². The Labute approximate surface area is 128 Å². The molecule has 0 radical (unpaired) electrons. The fourth-order valence-electron chi connectivity index (χ4n) is 2.34. The number of hydrogen-bond donors (Lipinski definition) is 1. The maximum absolute atomic E-state index is 12.0. The lowest BCUT2D eigenvalue weighted by molar-refractivity contribution is -0.116. The maximum Gasteiger partial charge on any atom is 0.224 e. The van der Waals surface area contributed by atoms with Crippen LogP contribution in [-0.4, -0.2) is 25.7 Å². The lowest BCUT2D eigenvalue weighted by Crippen LogP contribution is -2.16. The highest BCUT2D eigenvalue weighted by atomic mass is 79.9. The molecule has 1 N–H and O–H groups in total. The summed E-state index contributed by atoms with van der Waals surface area (Å²) in [7, 11) is 1.64. The molecule has 0 unspecified atom stereocenters. The monoisotopic (exact) mass is 341 g/mol. The van der Waals surface area contributed by atoms with Gasteiger partial charge >= 0.3 is 0 Å². The minimum atomic E-state index is 0.0240. The van der Waals surface area contributed by atoms with Crippen molar-refractivity contribution in [3.05, 3.63) is 28.2 Å². The van der Waals surface area contributed by atoms with Crippen LogP contribution < -0.4 is 5.32 Å². The van der Waals surface area contributed by atoms with Gasteiger partial charge in [0.25, 0.3) is 0 Å². The third kappa shape index (κ3) is 4.30. The Morgan fingerprint density at radius 2 is 2.40 bits per heavy atom. The van der Waals surface area contributed by atoms with Crippen LogP contribution >= 0.6 is 15.9 Å². The van der Waals surface area contributed by atoms with E-state index in [4.69, 9.17) is 9.47 Å². The average Bonchev–Trinajstić information content (AvgIpc) is 2.94. The molecule has 0 aliphatic carbocycles. The van der Waals surface area contributed by atoms with Crippen molar-refractivity contribution >= 4 is 27.5 Å². The normalized spacial score (nSPS) is 18.2. The molecule has 110 valence electrons. The molecule has 1 heterocycles. The number of hydrogen-bond acceptors (Lipinski definition) is 3. The highest BCUT2D eigenvalue weighted by Crippen LogP contribution is 2.26. The summed E-state index contributed by atoms with van der Waals surface area (Å²) in [5.41, 5.74) is 1.76. The van der Waals surface area contributed by atoms with Crippen molar-refractivity contribution in [2.24, 2.45) is 0 Å². The summed E-state index contributed by atoms with van der Waals surface area (Å²) in [6.07, 6.45) is 3.71. The summed E-state index contributed by atoms with van der Waals surface area (Å²) in [5.74, 6) is 0.0240. The van der Waals surface area contributed by atoms with E-state index in [1.54, 1.807) is 7.11 Å². The molecule has 5 heteroatoms. The number of amides is 1. The van der Waals surface area contributed by atoms with Gasteiger partial charge in [-0.15, -0.1) is 0 Å². The zero-order valence-electron chi connectivity index (χ0n) is 11.7. The maximum atomic E-state index is 12.0. The Morgan fingerprint density at radius 1 is 1.55 bits per heavy atom. The molecule has 4 nitrogen and oxygen atoms in total. The van der Waals surface area contributed by atoms with Crippen LogP contribution in [-0.2, 0) is 20.9 Å². The molecule has 1 aromatic carbocycles. The summed E-state index contributed by atoms with van der Waals surface area (Å²) < 4.78 is 11.6. The first-order valence-electron chi connectivity index (χ1n) is 6.88. The standard InChI is InChI=1S/C15H20BrNO3/c1-19-10-12-13(16)5-2-6-14(12)17-15(18)8-7-11-4-3-9-20-11/h2,5-6,11H,3-4,7-10H2,1H3,(H,17,18)/t11-/m0/s1. The molecule has 1 fully saturated rings. The van der Waals surface area contributed by atoms with Crippen LogP contribution in [0.15, 0.2) is 22.7 Å². The summed E-state index contributed by atoms with van der Waals surface area (Å²) in [6, 6.07) is 5.73. The number of anilines is 1. The molecule has 1 aliphatic rings. The molecule has 1 amide bonds. The molecule has 1 saturated heterocycles. The number of halogens is 1. The van der Waals surface area contributed by atoms with Gasteiger partial charge in [0.2, 0.25) is 5.91 Å². The van der Waals surface area contributed by atoms with Gasteiger partial charge in [0, 0.05) is 35.9 Å². The second-order valence-electron chi connectivity index (χ2n) is 4.92. The summed E-state index contributed by atoms with van der Waals surface area (Å²) in [4.78, 5) is 12.0. The topological polar surface area (TPSA) is 47.6 Å². The predicted octanol–water partition coefficient (Wildman–Crippen LogP) is 3.49. The number of carbonyl (C=O) groups excluding carboxylic acids is 1. The van der Waals surface area contributed by atoms with Crippen LogP contribution in [0.25, 0.3) is 0 Å². The van der Waals surface area contributed by atoms with Crippen molar-refractivity contribution in [3.8, 4) is 0 Å². The zero-order chi connectivity index (χ0) is 14.4. The van der Waals surface area contributed by atoms with Crippen LogP contribution in [0.3, 0.4) is 0 Å². The molecule has 1 atom stereocenters. The van der Waals surface area contributed by atoms with Crippen molar-refractivity contribution in [1.82, 2.24) is 0 Å². The van der Waals surface area contributed by atoms with E-state index in [1.165, 1.54) is 0 Å². The van der Waals surface area contributed by atoms with Crippen LogP contribution in [0, 0.1) is 0 Å². The number of benzene rings is 1. The van der Waals surface area contributed by atoms with Crippen molar-refractivity contribution in [2.45, 2.75) is 38.4 Å². The molecule has 1 aromatic rings. The van der Waals surface area contributed by atoms with Crippen LogP contribution in [0.4, 0.5) is 5.69 Å². The molecule has 0 aromatic heterocycles. The van der Waals surface area contributed by atoms with E-state index in [1.807, 2.05) is 18.2 Å². The van der Waals surface area contributed by atoms with Gasteiger partial charge in [0.15, 0.2) is 0 Å². The quantitative estimate of drug-likeness (QED) is 0.861. The van der Waals surface area contributed by atoms with Crippen molar-refractivity contribution in [2.75, 3.05) is 19.0 Å². The van der Waals surface area contributed by atoms with E-state index in [0.717, 1.165) is 41.6 Å². The summed E-state index contributed by atoms with van der Waals surface area (Å²) >= 11 is 3.48. The van der Waals surface area contributed by atoms with Crippen LogP contribution in [0.5, 0.6) is 0 Å². The fourth-order valence-corrected chi connectivity index (χ4v) is 2.82. The third-order valence-corrected chi connectivity index (χ3v) is 4.14. The Morgan fingerprint density at radius 3 is 3.10 bits per heavy atom. The van der Waals surface area contributed by atoms with Gasteiger partial charge in [0.05, 0.1) is 12.7 Å². The highest BCUT2D eigenvalue weighted by Gasteiger charge is 2.17. The number of nitrogens with one attached hydrogen (secondary N) is 1. The van der Waals surface area contributed by atoms with Gasteiger partial charge in [-0.1, -0.05) is 22.0 Å². The van der Waals surface area contributed by atoms with E-state index in [0.29, 0.717) is 13.0 Å². The smallest absolute Gasteiger partial charge is 0.224 e. The molecule has 2 rings (SSSR count). The first-order valence-corrected chi connectivity index (χ1v) is 7.68. The van der Waals surface area contributed by atoms with E-state index < -0.39 is 0 Å². The van der Waals surface area contributed by atoms with Crippen molar-refractivity contribution in [3.63, 3.8) is 0 Å². The van der Waals surface area contributed by atoms with Gasteiger partial charge in [0.1, 0.15) is 0 Å². The van der Waals surface area contributed by atoms with Gasteiger partial charge < -0.3 is 14.8 Å². The van der Waals surface area contributed by atoms with Crippen molar-refractivity contribution < 1.29 is 14.3 Å². The van der Waals surface area contributed by atoms with E-state index in [9.17, 15) is 4.79 Å². The van der Waals surface area contributed by atoms with Gasteiger partial charge in [-0.3, -0.25) is 4.79 Å². The highest BCUT2D eigenvalue weighted by molar-refractivity contribution is 9.10. The Balaban J connectivity index is 1.91. The Kier molecular flexibility index (Phi) is 6.01. The second-order valence-corrected chi connectivity index (χ2v) is 5.78. The average molecular weight is 342 g/mol. The number of methoxy groups -OCH3 is 1. The molecule has 20 heavy (non-hydrogen) atoms. The molecule has 1 aliphatic heterocycles. The molecule has 0 spiro atoms. The van der Waals surface area contributed by atoms with Crippen LogP contribution in [0.2, 0.25) is 0 Å². The molecular weight excluding hydrogens is 322 g/mol. The van der Waals surface area contributed by atoms with E-state index in [-0.39, 0.29) is 12.0 Å². The number of ether oxygens (including phenoxy) is 2. The first-order chi connectivity index (χ1) is 9.70. The Bertz CT molecular complexity index is 458. The minimum Gasteiger partial charge on any atom is -0.380 e. The summed E-state index contributed by atoms with van der Waals surface area (Å²) in [6.45, 7) is 1.29. The third-order valence-electron chi connectivity index (χ3n) is 3.40. The SMILES string of the molecule is COCc1c(Br)cccc1NC(=O)CC[C@@H]1CCCO1. The lowest BCUT2D eigenvalue weighted by atomic mass is 10.1. The van der Waals surface area contributed by atoms with E-state index >= 15 is 0 Å². The van der Waals surface area contributed by atoms with Gasteiger partial charge in [-0.05, 0) is 31.4 Å². The Hall–Kier alpha value is -0.910. The number of carbonyl (C=O) groups is 1. The molecular formula is C15H20BrNO3. The largest absolute Gasteiger partial charge is 0.380 e. The van der Waals surface area contributed by atoms with Gasteiger partial charge in [-0.25, -0.2) is 0 Å². The molecule has 0 saturated carbocycles. The molecule has 0 bridgehead atoms. The first kappa shape index (κ1) is 15.5. The van der Waals surface area contributed by atoms with Crippen LogP contribution in [0.1, 0.15) is 31.2 Å². The predicted molar refractivity (Wildman–Crippen MR) is 81.7 cm³/mol. The zero-order valence-corrected chi connectivity index (χ0v) is 13.2. The second kappa shape index (κ2) is 7.76. The fraction of sp³-hybridized carbons (Fsp3) is 0.533. The summed E-state index contributed by atoms with van der Waals surface area (Å²) in [5, 5.41) is 2.96. The lowest BCUT2D eigenvalue weighted by Gasteiger charge is -2.13.